The van der Waals surface area contributed by atoms with Gasteiger partial charge in [-0.1, -0.05) is 43.3 Å². The monoisotopic (exact) mass is 344 g/mol. The maximum Gasteiger partial charge on any atom is 0.157 e. The Morgan fingerprint density at radius 3 is 2.84 bits per heavy atom. The Hall–Kier alpha value is -1.76. The van der Waals surface area contributed by atoms with Gasteiger partial charge in [-0.3, -0.25) is 0 Å². The van der Waals surface area contributed by atoms with E-state index in [2.05, 4.69) is 53.7 Å². The van der Waals surface area contributed by atoms with Crippen LogP contribution in [-0.2, 0) is 22.6 Å². The normalized spacial score (nSPS) is 18.0. The number of nitrogens with zero attached hydrogens (tertiary/aromatic N) is 3. The van der Waals surface area contributed by atoms with E-state index in [0.717, 1.165) is 37.3 Å². The average Bonchev–Trinajstić information content (AvgIpc) is 3.10. The summed E-state index contributed by atoms with van der Waals surface area (Å²) in [6.07, 6.45) is 5.22. The predicted octanol–water partition coefficient (Wildman–Crippen LogP) is 2.99. The van der Waals surface area contributed by atoms with Crippen LogP contribution in [0.15, 0.2) is 30.5 Å². The summed E-state index contributed by atoms with van der Waals surface area (Å²) in [5.74, 6) is 0. The molecule has 6 heteroatoms. The van der Waals surface area contributed by atoms with Crippen molar-refractivity contribution in [2.75, 3.05) is 13.2 Å². The lowest BCUT2D eigenvalue weighted by Gasteiger charge is -2.22. The Balaban J connectivity index is 1.48. The molecule has 1 fully saturated rings. The predicted molar refractivity (Wildman–Crippen MR) is 97.0 cm³/mol. The highest BCUT2D eigenvalue weighted by Gasteiger charge is 2.13. The zero-order valence-corrected chi connectivity index (χ0v) is 15.1. The molecule has 0 saturated carbocycles. The van der Waals surface area contributed by atoms with Crippen LogP contribution in [0.5, 0.6) is 0 Å². The average molecular weight is 344 g/mol. The second kappa shape index (κ2) is 9.08. The second-order valence-electron chi connectivity index (χ2n) is 6.77. The number of aromatic nitrogens is 3. The molecule has 1 aromatic heterocycles. The van der Waals surface area contributed by atoms with Crippen molar-refractivity contribution in [3.63, 3.8) is 0 Å². The summed E-state index contributed by atoms with van der Waals surface area (Å²) >= 11 is 0. The third-order valence-electron chi connectivity index (χ3n) is 4.26. The Kier molecular flexibility index (Phi) is 6.55. The molecule has 1 aromatic carbocycles. The first-order valence-corrected chi connectivity index (χ1v) is 9.17. The van der Waals surface area contributed by atoms with Gasteiger partial charge in [0, 0.05) is 24.8 Å². The topological polar surface area (TPSA) is 61.2 Å². The molecule has 1 N–H and O–H groups in total. The Morgan fingerprint density at radius 2 is 2.12 bits per heavy atom. The van der Waals surface area contributed by atoms with Crippen molar-refractivity contribution in [1.82, 2.24) is 20.3 Å². The molecule has 0 bridgehead atoms. The van der Waals surface area contributed by atoms with Gasteiger partial charge in [0.1, 0.15) is 5.69 Å². The molecule has 1 aliphatic heterocycles. The lowest BCUT2D eigenvalue weighted by molar-refractivity contribution is -0.163. The molecule has 2 heterocycles. The summed E-state index contributed by atoms with van der Waals surface area (Å²) in [6, 6.07) is 8.94. The van der Waals surface area contributed by atoms with E-state index in [0.29, 0.717) is 19.2 Å². The highest BCUT2D eigenvalue weighted by molar-refractivity contribution is 5.57. The van der Waals surface area contributed by atoms with Crippen LogP contribution in [0.2, 0.25) is 0 Å². The molecule has 0 spiro atoms. The van der Waals surface area contributed by atoms with Gasteiger partial charge in [-0.25, -0.2) is 4.68 Å². The first-order valence-electron chi connectivity index (χ1n) is 9.17. The zero-order valence-electron chi connectivity index (χ0n) is 15.1. The molecule has 1 unspecified atom stereocenters. The quantitative estimate of drug-likeness (QED) is 0.798. The lowest BCUT2D eigenvalue weighted by atomic mass is 10.1. The Morgan fingerprint density at radius 1 is 1.28 bits per heavy atom. The van der Waals surface area contributed by atoms with Gasteiger partial charge in [0.05, 0.1) is 19.3 Å². The van der Waals surface area contributed by atoms with Crippen LogP contribution in [0.1, 0.15) is 38.7 Å². The summed E-state index contributed by atoms with van der Waals surface area (Å²) in [7, 11) is 0. The van der Waals surface area contributed by atoms with Crippen LogP contribution in [0.4, 0.5) is 0 Å². The van der Waals surface area contributed by atoms with Crippen molar-refractivity contribution in [3.05, 3.63) is 36.0 Å². The van der Waals surface area contributed by atoms with E-state index in [9.17, 15) is 0 Å². The Bertz CT molecular complexity index is 633. The largest absolute Gasteiger partial charge is 0.353 e. The first kappa shape index (κ1) is 18.0. The maximum atomic E-state index is 5.75. The van der Waals surface area contributed by atoms with E-state index in [1.54, 1.807) is 0 Å². The SMILES string of the molecule is CC(C)NCc1ccc(-c2cn(CCOC3CCCCO3)nn2)cc1. The van der Waals surface area contributed by atoms with Gasteiger partial charge in [0.25, 0.3) is 0 Å². The Labute approximate surface area is 149 Å². The van der Waals surface area contributed by atoms with Crippen LogP contribution < -0.4 is 5.32 Å². The third-order valence-corrected chi connectivity index (χ3v) is 4.26. The number of rotatable bonds is 8. The fraction of sp³-hybridized carbons (Fsp3) is 0.579. The summed E-state index contributed by atoms with van der Waals surface area (Å²) in [5, 5.41) is 11.9. The molecular formula is C19H28N4O2. The van der Waals surface area contributed by atoms with E-state index in [1.165, 1.54) is 12.0 Å². The van der Waals surface area contributed by atoms with Crippen molar-refractivity contribution in [3.8, 4) is 11.3 Å². The van der Waals surface area contributed by atoms with E-state index in [1.807, 2.05) is 10.9 Å². The van der Waals surface area contributed by atoms with Crippen LogP contribution >= 0.6 is 0 Å². The van der Waals surface area contributed by atoms with Gasteiger partial charge in [-0.2, -0.15) is 0 Å². The van der Waals surface area contributed by atoms with E-state index in [4.69, 9.17) is 9.47 Å². The van der Waals surface area contributed by atoms with E-state index in [-0.39, 0.29) is 6.29 Å². The standard InChI is InChI=1S/C19H28N4O2/c1-15(2)20-13-16-6-8-17(9-7-16)18-14-23(22-21-18)10-12-25-19-5-3-4-11-24-19/h6-9,14-15,19-20H,3-5,10-13H2,1-2H3. The molecule has 1 aliphatic rings. The van der Waals surface area contributed by atoms with E-state index >= 15 is 0 Å². The van der Waals surface area contributed by atoms with Crippen LogP contribution in [-0.4, -0.2) is 40.5 Å². The van der Waals surface area contributed by atoms with Crippen LogP contribution in [0, 0.1) is 0 Å². The van der Waals surface area contributed by atoms with Gasteiger partial charge in [-0.05, 0) is 24.8 Å². The minimum absolute atomic E-state index is 0.0521. The first-order chi connectivity index (χ1) is 12.2. The van der Waals surface area contributed by atoms with Gasteiger partial charge in [0.2, 0.25) is 0 Å². The van der Waals surface area contributed by atoms with E-state index < -0.39 is 0 Å². The molecule has 3 rings (SSSR count). The van der Waals surface area contributed by atoms with Gasteiger partial charge in [0.15, 0.2) is 6.29 Å². The molecule has 136 valence electrons. The van der Waals surface area contributed by atoms with Crippen LogP contribution in [0.25, 0.3) is 11.3 Å². The molecular weight excluding hydrogens is 316 g/mol. The van der Waals surface area contributed by atoms with Gasteiger partial charge >= 0.3 is 0 Å². The van der Waals surface area contributed by atoms with Crippen LogP contribution in [0.3, 0.4) is 0 Å². The van der Waals surface area contributed by atoms with Crippen molar-refractivity contribution in [1.29, 1.82) is 0 Å². The van der Waals surface area contributed by atoms with Crippen molar-refractivity contribution >= 4 is 0 Å². The van der Waals surface area contributed by atoms with Crippen molar-refractivity contribution in [2.24, 2.45) is 0 Å². The number of hydrogen-bond donors (Lipinski definition) is 1. The lowest BCUT2D eigenvalue weighted by Crippen LogP contribution is -2.24. The number of nitrogens with one attached hydrogen (secondary N) is 1. The smallest absolute Gasteiger partial charge is 0.157 e. The number of hydrogen-bond acceptors (Lipinski definition) is 5. The molecule has 1 saturated heterocycles. The molecule has 0 amide bonds. The summed E-state index contributed by atoms with van der Waals surface area (Å²) in [5.41, 5.74) is 3.24. The highest BCUT2D eigenvalue weighted by atomic mass is 16.7. The van der Waals surface area contributed by atoms with Gasteiger partial charge < -0.3 is 14.8 Å². The number of benzene rings is 1. The maximum absolute atomic E-state index is 5.75. The highest BCUT2D eigenvalue weighted by Crippen LogP contribution is 2.17. The van der Waals surface area contributed by atoms with Crippen molar-refractivity contribution in [2.45, 2.75) is 58.5 Å². The third kappa shape index (κ3) is 5.63. The van der Waals surface area contributed by atoms with Gasteiger partial charge in [-0.15, -0.1) is 5.10 Å². The summed E-state index contributed by atoms with van der Waals surface area (Å²) in [4.78, 5) is 0. The molecule has 0 aliphatic carbocycles. The fourth-order valence-corrected chi connectivity index (χ4v) is 2.78. The molecule has 2 aromatic rings. The minimum Gasteiger partial charge on any atom is -0.353 e. The summed E-state index contributed by atoms with van der Waals surface area (Å²) in [6.45, 7) is 7.26. The fourth-order valence-electron chi connectivity index (χ4n) is 2.78. The second-order valence-corrected chi connectivity index (χ2v) is 6.77. The molecule has 25 heavy (non-hydrogen) atoms. The molecule has 1 atom stereocenters. The molecule has 6 nitrogen and oxygen atoms in total. The number of ether oxygens (including phenoxy) is 2. The zero-order chi connectivity index (χ0) is 17.5. The summed E-state index contributed by atoms with van der Waals surface area (Å²) < 4.78 is 13.1. The van der Waals surface area contributed by atoms with Crippen molar-refractivity contribution < 1.29 is 9.47 Å². The minimum atomic E-state index is -0.0521. The molecule has 0 radical (unpaired) electrons.